The molecule has 1 aliphatic rings. The Morgan fingerprint density at radius 3 is 2.68 bits per heavy atom. The molecule has 0 radical (unpaired) electrons. The number of carbonyl (C=O) groups excluding carboxylic acids is 1. The van der Waals surface area contributed by atoms with Gasteiger partial charge < -0.3 is 10.2 Å². The van der Waals surface area contributed by atoms with Gasteiger partial charge in [-0.1, -0.05) is 0 Å². The van der Waals surface area contributed by atoms with Gasteiger partial charge in [-0.15, -0.1) is 0 Å². The van der Waals surface area contributed by atoms with E-state index in [1.54, 1.807) is 4.90 Å². The minimum Gasteiger partial charge on any atom is -0.331 e. The Balaban J connectivity index is 2.29. The molecule has 2 rings (SSSR count). The summed E-state index contributed by atoms with van der Waals surface area (Å²) in [7, 11) is 0. The monoisotopic (exact) mass is 268 g/mol. The number of hydrogen-bond donors (Lipinski definition) is 1. The normalized spacial score (nSPS) is 22.4. The van der Waals surface area contributed by atoms with Gasteiger partial charge in [0.1, 0.15) is 0 Å². The molecule has 0 spiro atoms. The van der Waals surface area contributed by atoms with Crippen molar-refractivity contribution in [1.82, 2.24) is 10.2 Å². The van der Waals surface area contributed by atoms with E-state index in [4.69, 9.17) is 0 Å². The molecule has 1 amide bonds. The summed E-state index contributed by atoms with van der Waals surface area (Å²) in [4.78, 5) is 14.1. The molecule has 0 bridgehead atoms. The van der Waals surface area contributed by atoms with Gasteiger partial charge in [0.2, 0.25) is 0 Å². The van der Waals surface area contributed by atoms with Crippen molar-refractivity contribution < 1.29 is 13.6 Å². The van der Waals surface area contributed by atoms with Crippen molar-refractivity contribution >= 4 is 5.91 Å². The van der Waals surface area contributed by atoms with Crippen LogP contribution in [0.15, 0.2) is 18.2 Å². The van der Waals surface area contributed by atoms with Gasteiger partial charge in [-0.25, -0.2) is 8.78 Å². The molecule has 19 heavy (non-hydrogen) atoms. The summed E-state index contributed by atoms with van der Waals surface area (Å²) in [6.07, 6.45) is 0. The van der Waals surface area contributed by atoms with Crippen LogP contribution in [0, 0.1) is 11.6 Å². The van der Waals surface area contributed by atoms with E-state index in [1.165, 1.54) is 6.07 Å². The van der Waals surface area contributed by atoms with Crippen LogP contribution in [0.3, 0.4) is 0 Å². The maximum Gasteiger partial charge on any atom is 0.254 e. The molecule has 1 aromatic rings. The van der Waals surface area contributed by atoms with Crippen LogP contribution in [-0.2, 0) is 0 Å². The van der Waals surface area contributed by atoms with Crippen molar-refractivity contribution in [3.8, 4) is 0 Å². The van der Waals surface area contributed by atoms with Crippen molar-refractivity contribution in [2.75, 3.05) is 13.1 Å². The van der Waals surface area contributed by atoms with E-state index < -0.39 is 11.6 Å². The fourth-order valence-electron chi connectivity index (χ4n) is 2.25. The highest BCUT2D eigenvalue weighted by Gasteiger charge is 2.36. The Morgan fingerprint density at radius 1 is 1.37 bits per heavy atom. The molecule has 0 saturated carbocycles. The van der Waals surface area contributed by atoms with Gasteiger partial charge in [0, 0.05) is 24.7 Å². The summed E-state index contributed by atoms with van der Waals surface area (Å²) >= 11 is 0. The highest BCUT2D eigenvalue weighted by atomic mass is 19.2. The molecule has 0 aromatic heterocycles. The first-order chi connectivity index (χ1) is 8.81. The minimum atomic E-state index is -0.994. The Morgan fingerprint density at radius 2 is 2.05 bits per heavy atom. The van der Waals surface area contributed by atoms with Crippen LogP contribution in [0.25, 0.3) is 0 Å². The van der Waals surface area contributed by atoms with Gasteiger partial charge in [0.05, 0.1) is 5.54 Å². The summed E-state index contributed by atoms with van der Waals surface area (Å²) < 4.78 is 26.1. The smallest absolute Gasteiger partial charge is 0.254 e. The van der Waals surface area contributed by atoms with E-state index in [2.05, 4.69) is 5.32 Å². The second-order valence-electron chi connectivity index (χ2n) is 5.64. The van der Waals surface area contributed by atoms with E-state index in [1.807, 2.05) is 20.8 Å². The second kappa shape index (κ2) is 4.89. The first-order valence-electron chi connectivity index (χ1n) is 6.31. The molecule has 5 heteroatoms. The first kappa shape index (κ1) is 13.9. The Kier molecular flexibility index (Phi) is 3.58. The van der Waals surface area contributed by atoms with Crippen LogP contribution in [0.1, 0.15) is 31.1 Å². The molecule has 1 unspecified atom stereocenters. The lowest BCUT2D eigenvalue weighted by atomic mass is 9.96. The SMILES string of the molecule is CC1CN(C(=O)c2ccc(F)c(F)c2)C(C)(C)CN1. The summed E-state index contributed by atoms with van der Waals surface area (Å²) in [6.45, 7) is 7.10. The van der Waals surface area contributed by atoms with Gasteiger partial charge >= 0.3 is 0 Å². The molecule has 0 aliphatic carbocycles. The van der Waals surface area contributed by atoms with Crippen LogP contribution in [0.5, 0.6) is 0 Å². The quantitative estimate of drug-likeness (QED) is 0.846. The highest BCUT2D eigenvalue weighted by Crippen LogP contribution is 2.22. The van der Waals surface area contributed by atoms with Gasteiger partial charge in [-0.2, -0.15) is 0 Å². The number of rotatable bonds is 1. The third-order valence-corrected chi connectivity index (χ3v) is 3.48. The Hall–Kier alpha value is -1.49. The summed E-state index contributed by atoms with van der Waals surface area (Å²) in [5.74, 6) is -2.20. The number of benzene rings is 1. The summed E-state index contributed by atoms with van der Waals surface area (Å²) in [5, 5.41) is 3.30. The molecule has 1 heterocycles. The van der Waals surface area contributed by atoms with Crippen molar-refractivity contribution in [3.63, 3.8) is 0 Å². The third-order valence-electron chi connectivity index (χ3n) is 3.48. The third kappa shape index (κ3) is 2.76. The predicted molar refractivity (Wildman–Crippen MR) is 68.9 cm³/mol. The molecular formula is C14H18F2N2O. The minimum absolute atomic E-state index is 0.182. The zero-order chi connectivity index (χ0) is 14.2. The highest BCUT2D eigenvalue weighted by molar-refractivity contribution is 5.94. The number of nitrogens with one attached hydrogen (secondary N) is 1. The van der Waals surface area contributed by atoms with Crippen LogP contribution in [-0.4, -0.2) is 35.5 Å². The zero-order valence-corrected chi connectivity index (χ0v) is 11.3. The number of piperazine rings is 1. The molecule has 1 N–H and O–H groups in total. The van der Waals surface area contributed by atoms with Gasteiger partial charge in [0.25, 0.3) is 5.91 Å². The number of nitrogens with zero attached hydrogens (tertiary/aromatic N) is 1. The van der Waals surface area contributed by atoms with Gasteiger partial charge in [-0.3, -0.25) is 4.79 Å². The van der Waals surface area contributed by atoms with Crippen molar-refractivity contribution in [2.24, 2.45) is 0 Å². The molecule has 1 saturated heterocycles. The molecule has 3 nitrogen and oxygen atoms in total. The van der Waals surface area contributed by atoms with Gasteiger partial charge in [-0.05, 0) is 39.0 Å². The lowest BCUT2D eigenvalue weighted by Crippen LogP contribution is -2.62. The molecular weight excluding hydrogens is 250 g/mol. The number of hydrogen-bond acceptors (Lipinski definition) is 2. The average Bonchev–Trinajstić information content (AvgIpc) is 2.35. The van der Waals surface area contributed by atoms with Crippen molar-refractivity contribution in [3.05, 3.63) is 35.4 Å². The summed E-state index contributed by atoms with van der Waals surface area (Å²) in [6, 6.07) is 3.45. The first-order valence-corrected chi connectivity index (χ1v) is 6.31. The number of carbonyl (C=O) groups is 1. The van der Waals surface area contributed by atoms with E-state index in [-0.39, 0.29) is 23.1 Å². The summed E-state index contributed by atoms with van der Waals surface area (Å²) in [5.41, 5.74) is -0.171. The molecule has 1 aromatic carbocycles. The average molecular weight is 268 g/mol. The Bertz CT molecular complexity index is 502. The van der Waals surface area contributed by atoms with E-state index >= 15 is 0 Å². The van der Waals surface area contributed by atoms with Crippen LogP contribution < -0.4 is 5.32 Å². The lowest BCUT2D eigenvalue weighted by Gasteiger charge is -2.45. The Labute approximate surface area is 111 Å². The molecule has 104 valence electrons. The molecule has 1 aliphatic heterocycles. The zero-order valence-electron chi connectivity index (χ0n) is 11.3. The molecule has 1 atom stereocenters. The predicted octanol–water partition coefficient (Wildman–Crippen LogP) is 2.18. The van der Waals surface area contributed by atoms with Crippen molar-refractivity contribution in [1.29, 1.82) is 0 Å². The maximum absolute atomic E-state index is 13.2. The largest absolute Gasteiger partial charge is 0.331 e. The fourth-order valence-corrected chi connectivity index (χ4v) is 2.25. The topological polar surface area (TPSA) is 32.3 Å². The van der Waals surface area contributed by atoms with Crippen molar-refractivity contribution in [2.45, 2.75) is 32.4 Å². The van der Waals surface area contributed by atoms with Crippen LogP contribution in [0.2, 0.25) is 0 Å². The number of amides is 1. The van der Waals surface area contributed by atoms with Gasteiger partial charge in [0.15, 0.2) is 11.6 Å². The number of halogens is 2. The van der Waals surface area contributed by atoms with E-state index in [0.29, 0.717) is 13.1 Å². The second-order valence-corrected chi connectivity index (χ2v) is 5.64. The maximum atomic E-state index is 13.2. The van der Waals surface area contributed by atoms with Crippen LogP contribution in [0.4, 0.5) is 8.78 Å². The standard InChI is InChI=1S/C14H18F2N2O/c1-9-7-18(14(2,3)8-17-9)13(19)10-4-5-11(15)12(16)6-10/h4-6,9,17H,7-8H2,1-3H3. The molecule has 1 fully saturated rings. The van der Waals surface area contributed by atoms with E-state index in [9.17, 15) is 13.6 Å². The lowest BCUT2D eigenvalue weighted by molar-refractivity contribution is 0.0410. The van der Waals surface area contributed by atoms with E-state index in [0.717, 1.165) is 12.1 Å². The van der Waals surface area contributed by atoms with Crippen LogP contribution >= 0.6 is 0 Å². The fraction of sp³-hybridized carbons (Fsp3) is 0.500.